The molecule has 0 aliphatic rings. The molecule has 5 nitrogen and oxygen atoms in total. The van der Waals surface area contributed by atoms with Crippen molar-refractivity contribution in [2.24, 2.45) is 7.05 Å². The van der Waals surface area contributed by atoms with Gasteiger partial charge in [0.05, 0.1) is 13.6 Å². The van der Waals surface area contributed by atoms with E-state index in [9.17, 15) is 0 Å². The molecule has 0 saturated heterocycles. The Morgan fingerprint density at radius 2 is 2.33 bits per heavy atom. The lowest BCUT2D eigenvalue weighted by molar-refractivity contribution is 0.337. The van der Waals surface area contributed by atoms with E-state index in [1.165, 1.54) is 4.80 Å². The Bertz CT molecular complexity index is 236. The number of aromatic nitrogens is 4. The molecule has 0 aliphatic carbocycles. The second-order valence-corrected chi connectivity index (χ2v) is 3.00. The van der Waals surface area contributed by atoms with E-state index in [0.717, 1.165) is 12.4 Å². The van der Waals surface area contributed by atoms with E-state index in [1.54, 1.807) is 7.05 Å². The van der Waals surface area contributed by atoms with E-state index in [1.807, 2.05) is 11.9 Å². The summed E-state index contributed by atoms with van der Waals surface area (Å²) in [4.78, 5) is 3.49. The molecule has 1 aromatic rings. The summed E-state index contributed by atoms with van der Waals surface area (Å²) in [7, 11) is 3.72. The molecule has 1 aromatic heterocycles. The van der Waals surface area contributed by atoms with Gasteiger partial charge in [-0.3, -0.25) is 4.90 Å². The third kappa shape index (κ3) is 2.75. The van der Waals surface area contributed by atoms with E-state index in [0.29, 0.717) is 12.4 Å². The van der Waals surface area contributed by atoms with Crippen molar-refractivity contribution in [3.8, 4) is 0 Å². The summed E-state index contributed by atoms with van der Waals surface area (Å²) >= 11 is 5.56. The van der Waals surface area contributed by atoms with Crippen LogP contribution < -0.4 is 0 Å². The Morgan fingerprint density at radius 1 is 1.58 bits per heavy atom. The second kappa shape index (κ2) is 4.37. The molecule has 0 aromatic carbocycles. The lowest BCUT2D eigenvalue weighted by Gasteiger charge is -2.10. The van der Waals surface area contributed by atoms with Gasteiger partial charge >= 0.3 is 0 Å². The number of alkyl halides is 1. The molecule has 0 N–H and O–H groups in total. The highest BCUT2D eigenvalue weighted by Gasteiger charge is 2.03. The Morgan fingerprint density at radius 3 is 2.83 bits per heavy atom. The van der Waals surface area contributed by atoms with Gasteiger partial charge in [0.2, 0.25) is 0 Å². The summed E-state index contributed by atoms with van der Waals surface area (Å²) < 4.78 is 0. The number of rotatable bonds is 4. The van der Waals surface area contributed by atoms with E-state index in [-0.39, 0.29) is 0 Å². The van der Waals surface area contributed by atoms with Crippen LogP contribution in [-0.4, -0.2) is 44.6 Å². The van der Waals surface area contributed by atoms with Crippen molar-refractivity contribution in [3.05, 3.63) is 5.82 Å². The van der Waals surface area contributed by atoms with Gasteiger partial charge < -0.3 is 0 Å². The zero-order valence-corrected chi connectivity index (χ0v) is 7.99. The molecule has 0 aliphatic heterocycles. The SMILES string of the molecule is CN(CCCl)Cc1nnn(C)n1. The molecule has 0 atom stereocenters. The van der Waals surface area contributed by atoms with Crippen molar-refractivity contribution in [2.45, 2.75) is 6.54 Å². The summed E-state index contributed by atoms with van der Waals surface area (Å²) in [5.74, 6) is 1.35. The van der Waals surface area contributed by atoms with Crippen LogP contribution in [0.4, 0.5) is 0 Å². The minimum atomic E-state index is 0.622. The van der Waals surface area contributed by atoms with Gasteiger partial charge in [-0.05, 0) is 12.3 Å². The Labute approximate surface area is 76.3 Å². The summed E-state index contributed by atoms with van der Waals surface area (Å²) in [6.07, 6.45) is 0. The Kier molecular flexibility index (Phi) is 3.43. The molecule has 0 saturated carbocycles. The highest BCUT2D eigenvalue weighted by molar-refractivity contribution is 6.18. The van der Waals surface area contributed by atoms with E-state index >= 15 is 0 Å². The summed E-state index contributed by atoms with van der Waals surface area (Å²) in [5, 5.41) is 11.6. The smallest absolute Gasteiger partial charge is 0.188 e. The van der Waals surface area contributed by atoms with Gasteiger partial charge in [0, 0.05) is 12.4 Å². The average Bonchev–Trinajstić information content (AvgIpc) is 2.36. The van der Waals surface area contributed by atoms with Gasteiger partial charge in [-0.2, -0.15) is 4.80 Å². The normalized spacial score (nSPS) is 11.0. The van der Waals surface area contributed by atoms with Gasteiger partial charge in [0.15, 0.2) is 5.82 Å². The number of halogens is 1. The number of hydrogen-bond acceptors (Lipinski definition) is 4. The fourth-order valence-corrected chi connectivity index (χ4v) is 1.14. The molecule has 68 valence electrons. The van der Waals surface area contributed by atoms with Gasteiger partial charge in [-0.15, -0.1) is 21.8 Å². The second-order valence-electron chi connectivity index (χ2n) is 2.62. The predicted octanol–water partition coefficient (Wildman–Crippen LogP) is -0.119. The minimum Gasteiger partial charge on any atom is -0.298 e. The maximum atomic E-state index is 5.56. The van der Waals surface area contributed by atoms with Crippen LogP contribution in [0.25, 0.3) is 0 Å². The maximum absolute atomic E-state index is 5.56. The molecule has 12 heavy (non-hydrogen) atoms. The van der Waals surface area contributed by atoms with Crippen LogP contribution in [0.15, 0.2) is 0 Å². The van der Waals surface area contributed by atoms with Gasteiger partial charge in [0.25, 0.3) is 0 Å². The first kappa shape index (κ1) is 9.41. The zero-order valence-electron chi connectivity index (χ0n) is 7.24. The molecule has 0 fully saturated rings. The Balaban J connectivity index is 2.41. The fourth-order valence-electron chi connectivity index (χ4n) is 0.851. The average molecular weight is 190 g/mol. The van der Waals surface area contributed by atoms with Crippen LogP contribution in [0.3, 0.4) is 0 Å². The highest BCUT2D eigenvalue weighted by Crippen LogP contribution is 1.93. The zero-order chi connectivity index (χ0) is 8.97. The molecule has 1 rings (SSSR count). The monoisotopic (exact) mass is 189 g/mol. The van der Waals surface area contributed by atoms with Crippen molar-refractivity contribution in [3.63, 3.8) is 0 Å². The van der Waals surface area contributed by atoms with E-state index < -0.39 is 0 Å². The highest BCUT2D eigenvalue weighted by atomic mass is 35.5. The van der Waals surface area contributed by atoms with Crippen LogP contribution in [0, 0.1) is 0 Å². The topological polar surface area (TPSA) is 46.8 Å². The van der Waals surface area contributed by atoms with Crippen molar-refractivity contribution >= 4 is 11.6 Å². The lowest BCUT2D eigenvalue weighted by atomic mass is 10.5. The van der Waals surface area contributed by atoms with Gasteiger partial charge in [0.1, 0.15) is 0 Å². The Hall–Kier alpha value is -0.680. The van der Waals surface area contributed by atoms with Crippen LogP contribution in [0.2, 0.25) is 0 Å². The van der Waals surface area contributed by atoms with Crippen molar-refractivity contribution in [2.75, 3.05) is 19.5 Å². The lowest BCUT2D eigenvalue weighted by Crippen LogP contribution is -2.20. The van der Waals surface area contributed by atoms with E-state index in [4.69, 9.17) is 11.6 Å². The first-order valence-corrected chi connectivity index (χ1v) is 4.23. The number of nitrogens with zero attached hydrogens (tertiary/aromatic N) is 5. The van der Waals surface area contributed by atoms with Crippen LogP contribution in [0.1, 0.15) is 5.82 Å². The predicted molar refractivity (Wildman–Crippen MR) is 45.9 cm³/mol. The fraction of sp³-hybridized carbons (Fsp3) is 0.833. The molecule has 0 amide bonds. The summed E-state index contributed by atoms with van der Waals surface area (Å²) in [6.45, 7) is 1.53. The molecule has 6 heteroatoms. The first-order chi connectivity index (χ1) is 5.72. The van der Waals surface area contributed by atoms with Crippen LogP contribution in [0.5, 0.6) is 0 Å². The van der Waals surface area contributed by atoms with Crippen molar-refractivity contribution in [1.82, 2.24) is 25.1 Å². The van der Waals surface area contributed by atoms with Crippen molar-refractivity contribution in [1.29, 1.82) is 0 Å². The third-order valence-electron chi connectivity index (χ3n) is 1.43. The number of tetrazole rings is 1. The van der Waals surface area contributed by atoms with Crippen LogP contribution in [-0.2, 0) is 13.6 Å². The minimum absolute atomic E-state index is 0.622. The molecule has 0 bridgehead atoms. The first-order valence-electron chi connectivity index (χ1n) is 3.69. The molecular weight excluding hydrogens is 178 g/mol. The molecule has 1 heterocycles. The van der Waals surface area contributed by atoms with E-state index in [2.05, 4.69) is 15.4 Å². The third-order valence-corrected chi connectivity index (χ3v) is 1.60. The molecule has 0 unspecified atom stereocenters. The summed E-state index contributed by atoms with van der Waals surface area (Å²) in [5.41, 5.74) is 0. The van der Waals surface area contributed by atoms with Crippen LogP contribution >= 0.6 is 11.6 Å². The molecular formula is C6H12ClN5. The molecule has 0 radical (unpaired) electrons. The largest absolute Gasteiger partial charge is 0.298 e. The van der Waals surface area contributed by atoms with Gasteiger partial charge in [-0.1, -0.05) is 0 Å². The molecule has 0 spiro atoms. The van der Waals surface area contributed by atoms with Gasteiger partial charge in [-0.25, -0.2) is 0 Å². The standard InChI is InChI=1S/C6H12ClN5/c1-11(4-3-7)5-6-8-10-12(2)9-6/h3-5H2,1-2H3. The summed E-state index contributed by atoms with van der Waals surface area (Å²) in [6, 6.07) is 0. The maximum Gasteiger partial charge on any atom is 0.188 e. The number of hydrogen-bond donors (Lipinski definition) is 0. The quantitative estimate of drug-likeness (QED) is 0.620. The van der Waals surface area contributed by atoms with Crippen molar-refractivity contribution < 1.29 is 0 Å². The number of aryl methyl sites for hydroxylation is 1.